The second-order valence-corrected chi connectivity index (χ2v) is 5.31. The van der Waals surface area contributed by atoms with Crippen LogP contribution in [-0.2, 0) is 16.0 Å². The van der Waals surface area contributed by atoms with Crippen LogP contribution in [0.5, 0.6) is 0 Å². The third-order valence-corrected chi connectivity index (χ3v) is 4.04. The number of para-hydroxylation sites is 1. The number of carboxylic acid groups (broad SMARTS) is 1. The number of nitrogens with zero attached hydrogens (tertiary/aromatic N) is 1. The number of carbonyl (C=O) groups excluding carboxylic acids is 1. The molecule has 1 aliphatic heterocycles. The number of benzene rings is 1. The minimum atomic E-state index is -0.995. The Labute approximate surface area is 118 Å². The molecule has 0 spiro atoms. The Morgan fingerprint density at radius 2 is 2.10 bits per heavy atom. The smallest absolute Gasteiger partial charge is 0.327 e. The van der Waals surface area contributed by atoms with E-state index in [9.17, 15) is 14.7 Å². The molecule has 0 bridgehead atoms. The van der Waals surface area contributed by atoms with Gasteiger partial charge in [0.05, 0.1) is 6.04 Å². The molecule has 1 amide bonds. The lowest BCUT2D eigenvalue weighted by molar-refractivity contribution is -0.140. The van der Waals surface area contributed by atoms with Crippen LogP contribution in [0.3, 0.4) is 0 Å². The summed E-state index contributed by atoms with van der Waals surface area (Å²) >= 11 is 0. The maximum Gasteiger partial charge on any atom is 0.327 e. The quantitative estimate of drug-likeness (QED) is 0.870. The van der Waals surface area contributed by atoms with E-state index in [1.54, 1.807) is 12.1 Å². The fourth-order valence-electron chi connectivity index (χ4n) is 2.51. The van der Waals surface area contributed by atoms with Crippen molar-refractivity contribution in [2.75, 3.05) is 4.90 Å². The van der Waals surface area contributed by atoms with Gasteiger partial charge in [-0.1, -0.05) is 38.5 Å². The average Bonchev–Trinajstić information content (AvgIpc) is 2.84. The number of carboxylic acids is 1. The normalized spacial score (nSPS) is 20.4. The maximum absolute atomic E-state index is 12.6. The molecule has 3 atom stereocenters. The summed E-state index contributed by atoms with van der Waals surface area (Å²) < 4.78 is 0. The van der Waals surface area contributed by atoms with Gasteiger partial charge in [0.15, 0.2) is 0 Å². The summed E-state index contributed by atoms with van der Waals surface area (Å²) in [6.45, 7) is 3.87. The summed E-state index contributed by atoms with van der Waals surface area (Å²) in [6.07, 6.45) is 1.12. The van der Waals surface area contributed by atoms with Crippen molar-refractivity contribution in [3.63, 3.8) is 0 Å². The number of amides is 1. The molecule has 108 valence electrons. The molecule has 1 unspecified atom stereocenters. The number of fused-ring (bicyclic) bond motifs is 1. The second-order valence-electron chi connectivity index (χ2n) is 5.31. The van der Waals surface area contributed by atoms with Crippen molar-refractivity contribution < 1.29 is 14.7 Å². The highest BCUT2D eigenvalue weighted by molar-refractivity contribution is 6.04. The fourth-order valence-corrected chi connectivity index (χ4v) is 2.51. The molecule has 5 nitrogen and oxygen atoms in total. The van der Waals surface area contributed by atoms with Gasteiger partial charge in [-0.15, -0.1) is 0 Å². The van der Waals surface area contributed by atoms with Gasteiger partial charge < -0.3 is 10.8 Å². The minimum Gasteiger partial charge on any atom is -0.480 e. The molecular weight excluding hydrogens is 256 g/mol. The van der Waals surface area contributed by atoms with Gasteiger partial charge in [0.2, 0.25) is 5.91 Å². The van der Waals surface area contributed by atoms with Gasteiger partial charge in [-0.25, -0.2) is 4.79 Å². The largest absolute Gasteiger partial charge is 0.480 e. The predicted octanol–water partition coefficient (Wildman–Crippen LogP) is 1.40. The van der Waals surface area contributed by atoms with E-state index in [1.165, 1.54) is 4.90 Å². The van der Waals surface area contributed by atoms with E-state index in [0.717, 1.165) is 12.0 Å². The van der Waals surface area contributed by atoms with Crippen LogP contribution in [0.25, 0.3) is 0 Å². The lowest BCUT2D eigenvalue weighted by Gasteiger charge is -2.28. The fraction of sp³-hybridized carbons (Fsp3) is 0.467. The lowest BCUT2D eigenvalue weighted by atomic mass is 9.98. The first-order chi connectivity index (χ1) is 9.47. The van der Waals surface area contributed by atoms with Crippen LogP contribution in [0.4, 0.5) is 5.69 Å². The van der Waals surface area contributed by atoms with Gasteiger partial charge in [0, 0.05) is 12.1 Å². The third kappa shape index (κ3) is 2.41. The van der Waals surface area contributed by atoms with Crippen molar-refractivity contribution >= 4 is 17.6 Å². The van der Waals surface area contributed by atoms with Gasteiger partial charge in [-0.2, -0.15) is 0 Å². The number of nitrogens with two attached hydrogens (primary N) is 1. The molecule has 0 fully saturated rings. The lowest BCUT2D eigenvalue weighted by Crippen LogP contribution is -2.52. The van der Waals surface area contributed by atoms with Crippen LogP contribution in [0, 0.1) is 5.92 Å². The van der Waals surface area contributed by atoms with E-state index in [-0.39, 0.29) is 11.8 Å². The van der Waals surface area contributed by atoms with Crippen LogP contribution in [0.1, 0.15) is 25.8 Å². The highest BCUT2D eigenvalue weighted by Crippen LogP contribution is 2.33. The van der Waals surface area contributed by atoms with Crippen molar-refractivity contribution in [3.8, 4) is 0 Å². The van der Waals surface area contributed by atoms with E-state index < -0.39 is 18.1 Å². The highest BCUT2D eigenvalue weighted by atomic mass is 16.4. The van der Waals surface area contributed by atoms with E-state index in [2.05, 4.69) is 0 Å². The molecule has 0 saturated carbocycles. The predicted molar refractivity (Wildman–Crippen MR) is 76.5 cm³/mol. The van der Waals surface area contributed by atoms with Gasteiger partial charge in [-0.05, 0) is 17.5 Å². The van der Waals surface area contributed by atoms with Gasteiger partial charge in [-0.3, -0.25) is 9.69 Å². The monoisotopic (exact) mass is 276 g/mol. The van der Waals surface area contributed by atoms with E-state index in [1.807, 2.05) is 26.0 Å². The summed E-state index contributed by atoms with van der Waals surface area (Å²) in [4.78, 5) is 25.3. The molecule has 1 aliphatic rings. The van der Waals surface area contributed by atoms with Crippen LogP contribution in [0.2, 0.25) is 0 Å². The Morgan fingerprint density at radius 3 is 2.70 bits per heavy atom. The summed E-state index contributed by atoms with van der Waals surface area (Å²) in [6, 6.07) is 5.76. The number of anilines is 1. The molecular formula is C15H20N2O3. The molecule has 1 aromatic carbocycles. The summed E-state index contributed by atoms with van der Waals surface area (Å²) in [5, 5.41) is 9.35. The topological polar surface area (TPSA) is 83.6 Å². The first-order valence-corrected chi connectivity index (χ1v) is 6.86. The molecule has 0 saturated heterocycles. The van der Waals surface area contributed by atoms with E-state index >= 15 is 0 Å². The minimum absolute atomic E-state index is 0.0182. The highest BCUT2D eigenvalue weighted by Gasteiger charge is 2.40. The van der Waals surface area contributed by atoms with Crippen LogP contribution < -0.4 is 10.6 Å². The van der Waals surface area contributed by atoms with Crippen LogP contribution in [0.15, 0.2) is 24.3 Å². The summed E-state index contributed by atoms with van der Waals surface area (Å²) in [7, 11) is 0. The first kappa shape index (κ1) is 14.5. The van der Waals surface area contributed by atoms with Gasteiger partial charge in [0.1, 0.15) is 6.04 Å². The Kier molecular flexibility index (Phi) is 4.09. The Bertz CT molecular complexity index is 530. The second kappa shape index (κ2) is 5.63. The molecule has 3 N–H and O–H groups in total. The zero-order valence-electron chi connectivity index (χ0n) is 11.7. The molecule has 2 rings (SSSR count). The Morgan fingerprint density at radius 1 is 1.45 bits per heavy atom. The molecule has 0 aliphatic carbocycles. The number of hydrogen-bond donors (Lipinski definition) is 2. The first-order valence-electron chi connectivity index (χ1n) is 6.86. The Hall–Kier alpha value is -1.88. The number of hydrogen-bond acceptors (Lipinski definition) is 3. The van der Waals surface area contributed by atoms with E-state index in [0.29, 0.717) is 12.1 Å². The third-order valence-electron chi connectivity index (χ3n) is 4.04. The van der Waals surface area contributed by atoms with E-state index in [4.69, 9.17) is 5.73 Å². The molecule has 1 heterocycles. The summed E-state index contributed by atoms with van der Waals surface area (Å²) in [5.41, 5.74) is 7.54. The number of aliphatic carboxylic acids is 1. The number of rotatable bonds is 4. The maximum atomic E-state index is 12.6. The molecule has 5 heteroatoms. The van der Waals surface area contributed by atoms with Crippen molar-refractivity contribution in [3.05, 3.63) is 29.8 Å². The molecule has 1 aromatic rings. The van der Waals surface area contributed by atoms with Crippen LogP contribution >= 0.6 is 0 Å². The zero-order chi connectivity index (χ0) is 14.9. The SMILES string of the molecule is CC[C@H](C)[C@H](N)C(=O)N1c2ccccc2CC1C(=O)O. The Balaban J connectivity index is 2.36. The number of carbonyl (C=O) groups is 2. The standard InChI is InChI=1S/C15H20N2O3/c1-3-9(2)13(16)14(18)17-11-7-5-4-6-10(11)8-12(17)15(19)20/h4-7,9,12-13H,3,8,16H2,1-2H3,(H,19,20)/t9-,12?,13-/m0/s1. The van der Waals surface area contributed by atoms with Gasteiger partial charge in [0.25, 0.3) is 0 Å². The van der Waals surface area contributed by atoms with Crippen molar-refractivity contribution in [1.82, 2.24) is 0 Å². The molecule has 0 radical (unpaired) electrons. The summed E-state index contributed by atoms with van der Waals surface area (Å²) in [5.74, 6) is -1.28. The molecule has 20 heavy (non-hydrogen) atoms. The molecule has 0 aromatic heterocycles. The van der Waals surface area contributed by atoms with Crippen LogP contribution in [-0.4, -0.2) is 29.1 Å². The van der Waals surface area contributed by atoms with Crippen molar-refractivity contribution in [2.45, 2.75) is 38.8 Å². The van der Waals surface area contributed by atoms with Crippen molar-refractivity contribution in [2.24, 2.45) is 11.7 Å². The van der Waals surface area contributed by atoms with Crippen molar-refractivity contribution in [1.29, 1.82) is 0 Å². The van der Waals surface area contributed by atoms with Gasteiger partial charge >= 0.3 is 5.97 Å². The average molecular weight is 276 g/mol. The zero-order valence-corrected chi connectivity index (χ0v) is 11.7.